The van der Waals surface area contributed by atoms with Gasteiger partial charge in [-0.2, -0.15) is 0 Å². The second kappa shape index (κ2) is 8.67. The number of benzene rings is 1. The van der Waals surface area contributed by atoms with Gasteiger partial charge in [-0.15, -0.1) is 11.3 Å². The minimum Gasteiger partial charge on any atom is -0.507 e. The van der Waals surface area contributed by atoms with E-state index in [1.807, 2.05) is 17.5 Å². The second-order valence-electron chi connectivity index (χ2n) is 5.85. The Kier molecular flexibility index (Phi) is 6.28. The van der Waals surface area contributed by atoms with Crippen molar-refractivity contribution < 1.29 is 24.5 Å². The average molecular weight is 408 g/mol. The molecule has 142 valence electrons. The quantitative estimate of drug-likeness (QED) is 0.319. The monoisotopic (exact) mass is 407 g/mol. The van der Waals surface area contributed by atoms with Gasteiger partial charge in [0.05, 0.1) is 31.4 Å². The fourth-order valence-corrected chi connectivity index (χ4v) is 3.92. The summed E-state index contributed by atoms with van der Waals surface area (Å²) in [7, 11) is 0. The zero-order valence-electron chi connectivity index (χ0n) is 14.3. The summed E-state index contributed by atoms with van der Waals surface area (Å²) in [6, 6.07) is 9.37. The maximum Gasteiger partial charge on any atom is 0.295 e. The highest BCUT2D eigenvalue weighted by atomic mass is 35.5. The fraction of sp³-hybridized carbons (Fsp3) is 0.263. The first-order valence-electron chi connectivity index (χ1n) is 8.31. The number of Topliss-reactive ketones (excluding diaryl/α,β-unsaturated/α-hetero) is 1. The first-order valence-corrected chi connectivity index (χ1v) is 9.56. The highest BCUT2D eigenvalue weighted by Crippen LogP contribution is 2.40. The molecule has 27 heavy (non-hydrogen) atoms. The van der Waals surface area contributed by atoms with Crippen molar-refractivity contribution in [2.24, 2.45) is 0 Å². The molecule has 1 fully saturated rings. The Balaban J connectivity index is 2.00. The van der Waals surface area contributed by atoms with E-state index in [9.17, 15) is 14.7 Å². The van der Waals surface area contributed by atoms with Gasteiger partial charge in [0, 0.05) is 22.0 Å². The highest BCUT2D eigenvalue weighted by Gasteiger charge is 2.46. The third-order valence-corrected chi connectivity index (χ3v) is 5.36. The molecule has 6 nitrogen and oxygen atoms in total. The van der Waals surface area contributed by atoms with Crippen LogP contribution >= 0.6 is 22.9 Å². The van der Waals surface area contributed by atoms with Crippen molar-refractivity contribution in [3.05, 3.63) is 62.8 Å². The fourth-order valence-electron chi connectivity index (χ4n) is 2.95. The van der Waals surface area contributed by atoms with Crippen molar-refractivity contribution >= 4 is 40.4 Å². The molecule has 3 rings (SSSR count). The number of rotatable bonds is 7. The largest absolute Gasteiger partial charge is 0.507 e. The maximum atomic E-state index is 12.7. The molecule has 0 unspecified atom stereocenters. The van der Waals surface area contributed by atoms with Crippen LogP contribution in [0.3, 0.4) is 0 Å². The van der Waals surface area contributed by atoms with E-state index in [1.165, 1.54) is 16.2 Å². The number of ether oxygens (including phenoxy) is 1. The molecular weight excluding hydrogens is 390 g/mol. The lowest BCUT2D eigenvalue weighted by atomic mass is 10.00. The van der Waals surface area contributed by atoms with Gasteiger partial charge in [0.25, 0.3) is 11.7 Å². The summed E-state index contributed by atoms with van der Waals surface area (Å²) in [5.74, 6) is -1.65. The summed E-state index contributed by atoms with van der Waals surface area (Å²) in [6.07, 6.45) is 0. The number of halogens is 1. The predicted molar refractivity (Wildman–Crippen MR) is 103 cm³/mol. The summed E-state index contributed by atoms with van der Waals surface area (Å²) in [6.45, 7) is 0.378. The van der Waals surface area contributed by atoms with Crippen molar-refractivity contribution in [3.63, 3.8) is 0 Å². The molecule has 2 N–H and O–H groups in total. The topological polar surface area (TPSA) is 87.1 Å². The smallest absolute Gasteiger partial charge is 0.295 e. The molecule has 0 aliphatic carbocycles. The number of carbonyl (C=O) groups excluding carboxylic acids is 2. The van der Waals surface area contributed by atoms with E-state index in [-0.39, 0.29) is 37.7 Å². The summed E-state index contributed by atoms with van der Waals surface area (Å²) < 4.78 is 5.24. The number of aliphatic hydroxyl groups excluding tert-OH is 2. The van der Waals surface area contributed by atoms with Gasteiger partial charge in [-0.1, -0.05) is 17.7 Å². The van der Waals surface area contributed by atoms with Crippen molar-refractivity contribution in [2.45, 2.75) is 6.04 Å². The SMILES string of the molecule is O=C1C(=O)N(CCOCCO)[C@H](c2cccs2)C1=C(O)c1ccc(Cl)cc1. The number of carbonyl (C=O) groups is 2. The predicted octanol–water partition coefficient (Wildman–Crippen LogP) is 2.83. The Morgan fingerprint density at radius 2 is 1.93 bits per heavy atom. The lowest BCUT2D eigenvalue weighted by Crippen LogP contribution is -2.32. The van der Waals surface area contributed by atoms with Crippen LogP contribution in [0.25, 0.3) is 5.76 Å². The normalized spacial score (nSPS) is 19.0. The molecule has 0 spiro atoms. The second-order valence-corrected chi connectivity index (χ2v) is 7.27. The van der Waals surface area contributed by atoms with Crippen LogP contribution in [0.2, 0.25) is 5.02 Å². The van der Waals surface area contributed by atoms with Crippen LogP contribution in [0, 0.1) is 0 Å². The van der Waals surface area contributed by atoms with Gasteiger partial charge in [-0.25, -0.2) is 0 Å². The third kappa shape index (κ3) is 4.06. The standard InChI is InChI=1S/C19H18ClNO5S/c20-13-5-3-12(4-6-13)17(23)15-16(14-2-1-11-27-14)21(19(25)18(15)24)7-9-26-10-8-22/h1-6,11,16,22-23H,7-10H2/t16-/m1/s1. The van der Waals surface area contributed by atoms with Crippen molar-refractivity contribution in [3.8, 4) is 0 Å². The van der Waals surface area contributed by atoms with E-state index >= 15 is 0 Å². The molecule has 1 aromatic carbocycles. The molecule has 8 heteroatoms. The van der Waals surface area contributed by atoms with Gasteiger partial charge in [0.1, 0.15) is 5.76 Å². The summed E-state index contributed by atoms with van der Waals surface area (Å²) in [5, 5.41) is 21.9. The number of nitrogens with zero attached hydrogens (tertiary/aromatic N) is 1. The Bertz CT molecular complexity index is 847. The van der Waals surface area contributed by atoms with E-state index in [1.54, 1.807) is 24.3 Å². The van der Waals surface area contributed by atoms with Crippen LogP contribution in [0.15, 0.2) is 47.4 Å². The van der Waals surface area contributed by atoms with E-state index in [0.29, 0.717) is 10.6 Å². The molecule has 1 aliphatic heterocycles. The lowest BCUT2D eigenvalue weighted by Gasteiger charge is -2.23. The average Bonchev–Trinajstić information content (AvgIpc) is 3.27. The van der Waals surface area contributed by atoms with Crippen LogP contribution < -0.4 is 0 Å². The molecular formula is C19H18ClNO5S. The number of aliphatic hydroxyl groups is 2. The lowest BCUT2D eigenvalue weighted by molar-refractivity contribution is -0.140. The Morgan fingerprint density at radius 1 is 1.19 bits per heavy atom. The number of likely N-dealkylation sites (tertiary alicyclic amines) is 1. The molecule has 2 heterocycles. The number of thiophene rings is 1. The molecule has 0 bridgehead atoms. The van der Waals surface area contributed by atoms with Crippen molar-refractivity contribution in [2.75, 3.05) is 26.4 Å². The molecule has 0 saturated carbocycles. The van der Waals surface area contributed by atoms with Crippen LogP contribution in [-0.2, 0) is 14.3 Å². The minimum atomic E-state index is -0.733. The minimum absolute atomic E-state index is 0.0481. The van der Waals surface area contributed by atoms with E-state index < -0.39 is 17.7 Å². The molecule has 1 amide bonds. The van der Waals surface area contributed by atoms with Gasteiger partial charge in [0.2, 0.25) is 0 Å². The first kappa shape index (κ1) is 19.6. The Morgan fingerprint density at radius 3 is 2.56 bits per heavy atom. The molecule has 1 saturated heterocycles. The zero-order valence-corrected chi connectivity index (χ0v) is 15.9. The third-order valence-electron chi connectivity index (χ3n) is 4.18. The van der Waals surface area contributed by atoms with Crippen LogP contribution in [0.4, 0.5) is 0 Å². The van der Waals surface area contributed by atoms with Crippen LogP contribution in [0.5, 0.6) is 0 Å². The van der Waals surface area contributed by atoms with Gasteiger partial charge in [-0.05, 0) is 35.7 Å². The number of hydrogen-bond donors (Lipinski definition) is 2. The van der Waals surface area contributed by atoms with Crippen LogP contribution in [0.1, 0.15) is 16.5 Å². The number of amides is 1. The maximum absolute atomic E-state index is 12.7. The Labute approximate surface area is 165 Å². The highest BCUT2D eigenvalue weighted by molar-refractivity contribution is 7.10. The summed E-state index contributed by atoms with van der Waals surface area (Å²) in [4.78, 5) is 27.4. The van der Waals surface area contributed by atoms with Gasteiger partial charge in [0.15, 0.2) is 0 Å². The number of ketones is 1. The Hall–Kier alpha value is -2.19. The molecule has 2 aromatic rings. The van der Waals surface area contributed by atoms with Gasteiger partial charge < -0.3 is 19.8 Å². The van der Waals surface area contributed by atoms with Crippen molar-refractivity contribution in [1.29, 1.82) is 0 Å². The van der Waals surface area contributed by atoms with Crippen LogP contribution in [-0.4, -0.2) is 53.2 Å². The molecule has 1 aliphatic rings. The first-order chi connectivity index (χ1) is 13.0. The molecule has 1 aromatic heterocycles. The summed E-state index contributed by atoms with van der Waals surface area (Å²) >= 11 is 7.28. The number of hydrogen-bond acceptors (Lipinski definition) is 6. The van der Waals surface area contributed by atoms with E-state index in [0.717, 1.165) is 4.88 Å². The molecule has 1 atom stereocenters. The van der Waals surface area contributed by atoms with Gasteiger partial charge >= 0.3 is 0 Å². The van der Waals surface area contributed by atoms with E-state index in [4.69, 9.17) is 21.4 Å². The molecule has 0 radical (unpaired) electrons. The summed E-state index contributed by atoms with van der Waals surface area (Å²) in [5.41, 5.74) is 0.461. The van der Waals surface area contributed by atoms with Gasteiger partial charge in [-0.3, -0.25) is 9.59 Å². The van der Waals surface area contributed by atoms with Crippen molar-refractivity contribution in [1.82, 2.24) is 4.90 Å². The zero-order chi connectivity index (χ0) is 19.4. The van der Waals surface area contributed by atoms with E-state index in [2.05, 4.69) is 0 Å².